The quantitative estimate of drug-likeness (QED) is 0.757. The third-order valence-corrected chi connectivity index (χ3v) is 4.03. The minimum absolute atomic E-state index is 0.221. The van der Waals surface area contributed by atoms with E-state index in [4.69, 9.17) is 5.11 Å². The van der Waals surface area contributed by atoms with Gasteiger partial charge in [-0.25, -0.2) is 0 Å². The summed E-state index contributed by atoms with van der Waals surface area (Å²) in [6, 6.07) is 0. The third-order valence-electron chi connectivity index (χ3n) is 4.03. The molecule has 0 aromatic rings. The number of likely N-dealkylation sites (tertiary alicyclic amines) is 1. The van der Waals surface area contributed by atoms with E-state index in [1.54, 1.807) is 0 Å². The minimum Gasteiger partial charge on any atom is -0.481 e. The van der Waals surface area contributed by atoms with Crippen LogP contribution in [0, 0.1) is 11.8 Å². The van der Waals surface area contributed by atoms with Crippen LogP contribution >= 0.6 is 0 Å². The molecule has 2 atom stereocenters. The molecule has 0 radical (unpaired) electrons. The second-order valence-electron chi connectivity index (χ2n) is 5.49. The summed E-state index contributed by atoms with van der Waals surface area (Å²) in [4.78, 5) is 24.5. The van der Waals surface area contributed by atoms with Crippen LogP contribution in [0.25, 0.3) is 0 Å². The lowest BCUT2D eigenvalue weighted by Crippen LogP contribution is -2.30. The Kier molecular flexibility index (Phi) is 4.58. The summed E-state index contributed by atoms with van der Waals surface area (Å²) in [5.74, 6) is 0.389. The molecule has 2 heterocycles. The Morgan fingerprint density at radius 1 is 1.28 bits per heavy atom. The van der Waals surface area contributed by atoms with E-state index in [1.807, 2.05) is 4.90 Å². The molecule has 2 aliphatic rings. The summed E-state index contributed by atoms with van der Waals surface area (Å²) < 4.78 is 0. The van der Waals surface area contributed by atoms with Gasteiger partial charge >= 0.3 is 5.97 Å². The Balaban J connectivity index is 1.70. The second kappa shape index (κ2) is 6.18. The molecule has 102 valence electrons. The first-order valence-electron chi connectivity index (χ1n) is 6.85. The Morgan fingerprint density at radius 3 is 2.78 bits per heavy atom. The highest BCUT2D eigenvalue weighted by Gasteiger charge is 2.28. The number of carboxylic acids is 1. The number of carbonyl (C=O) groups is 2. The highest BCUT2D eigenvalue weighted by Crippen LogP contribution is 2.23. The van der Waals surface area contributed by atoms with E-state index in [-0.39, 0.29) is 12.3 Å². The van der Waals surface area contributed by atoms with E-state index < -0.39 is 5.97 Å². The fourth-order valence-corrected chi connectivity index (χ4v) is 2.89. The van der Waals surface area contributed by atoms with Crippen LogP contribution < -0.4 is 5.32 Å². The van der Waals surface area contributed by atoms with Crippen LogP contribution in [0.1, 0.15) is 32.1 Å². The van der Waals surface area contributed by atoms with Gasteiger partial charge in [-0.3, -0.25) is 9.59 Å². The number of nitrogens with one attached hydrogen (secondary N) is 1. The zero-order valence-electron chi connectivity index (χ0n) is 10.7. The molecule has 0 saturated carbocycles. The Bertz CT molecular complexity index is 313. The molecule has 0 spiro atoms. The van der Waals surface area contributed by atoms with Crippen molar-refractivity contribution in [1.82, 2.24) is 10.2 Å². The van der Waals surface area contributed by atoms with E-state index in [2.05, 4.69) is 5.32 Å². The van der Waals surface area contributed by atoms with E-state index in [0.29, 0.717) is 24.7 Å². The minimum atomic E-state index is -0.739. The summed E-state index contributed by atoms with van der Waals surface area (Å²) in [5, 5.41) is 11.9. The summed E-state index contributed by atoms with van der Waals surface area (Å²) in [6.07, 6.45) is 3.63. The topological polar surface area (TPSA) is 69.6 Å². The van der Waals surface area contributed by atoms with Crippen molar-refractivity contribution in [2.75, 3.05) is 26.2 Å². The highest BCUT2D eigenvalue weighted by atomic mass is 16.4. The monoisotopic (exact) mass is 254 g/mol. The molecule has 2 N–H and O–H groups in total. The molecule has 5 heteroatoms. The number of hydrogen-bond acceptors (Lipinski definition) is 3. The first-order chi connectivity index (χ1) is 8.65. The molecule has 2 fully saturated rings. The summed E-state index contributed by atoms with van der Waals surface area (Å²) >= 11 is 0. The Morgan fingerprint density at radius 2 is 2.11 bits per heavy atom. The molecule has 18 heavy (non-hydrogen) atoms. The molecular formula is C13H22N2O3. The van der Waals surface area contributed by atoms with Crippen molar-refractivity contribution in [1.29, 1.82) is 0 Å². The lowest BCUT2D eigenvalue weighted by molar-refractivity contribution is -0.137. The SMILES string of the molecule is O=C(O)CCC1CCN(C(=O)CC2CCNC2)C1. The van der Waals surface area contributed by atoms with Crippen molar-refractivity contribution in [2.45, 2.75) is 32.1 Å². The van der Waals surface area contributed by atoms with Gasteiger partial charge in [-0.2, -0.15) is 0 Å². The van der Waals surface area contributed by atoms with E-state index in [0.717, 1.165) is 39.0 Å². The molecule has 1 amide bonds. The molecule has 0 aromatic heterocycles. The predicted octanol–water partition coefficient (Wildman–Crippen LogP) is 0.699. The van der Waals surface area contributed by atoms with E-state index >= 15 is 0 Å². The maximum Gasteiger partial charge on any atom is 0.303 e. The average molecular weight is 254 g/mol. The van der Waals surface area contributed by atoms with Crippen LogP contribution in [-0.4, -0.2) is 48.1 Å². The number of aliphatic carboxylic acids is 1. The highest BCUT2D eigenvalue weighted by molar-refractivity contribution is 5.76. The smallest absolute Gasteiger partial charge is 0.303 e. The summed E-state index contributed by atoms with van der Waals surface area (Å²) in [5.41, 5.74) is 0. The first-order valence-corrected chi connectivity index (χ1v) is 6.85. The molecule has 2 unspecified atom stereocenters. The average Bonchev–Trinajstić information content (AvgIpc) is 2.96. The van der Waals surface area contributed by atoms with Crippen molar-refractivity contribution in [2.24, 2.45) is 11.8 Å². The standard InChI is InChI=1S/C13H22N2O3/c16-12(7-11-3-5-14-8-11)15-6-4-10(9-15)1-2-13(17)18/h10-11,14H,1-9H2,(H,17,18). The van der Waals surface area contributed by atoms with Gasteiger partial charge in [-0.1, -0.05) is 0 Å². The molecule has 5 nitrogen and oxygen atoms in total. The van der Waals surface area contributed by atoms with Gasteiger partial charge in [0.1, 0.15) is 0 Å². The molecule has 0 aromatic carbocycles. The fraction of sp³-hybridized carbons (Fsp3) is 0.846. The zero-order chi connectivity index (χ0) is 13.0. The van der Waals surface area contributed by atoms with Crippen molar-refractivity contribution < 1.29 is 14.7 Å². The molecule has 0 aliphatic carbocycles. The van der Waals surface area contributed by atoms with Gasteiger partial charge in [0.25, 0.3) is 0 Å². The van der Waals surface area contributed by atoms with Crippen molar-refractivity contribution in [3.63, 3.8) is 0 Å². The number of amides is 1. The summed E-state index contributed by atoms with van der Waals surface area (Å²) in [6.45, 7) is 3.55. The van der Waals surface area contributed by atoms with Gasteiger partial charge in [-0.05, 0) is 44.2 Å². The van der Waals surface area contributed by atoms with Crippen LogP contribution in [0.3, 0.4) is 0 Å². The van der Waals surface area contributed by atoms with E-state index in [1.165, 1.54) is 0 Å². The van der Waals surface area contributed by atoms with Crippen molar-refractivity contribution in [3.8, 4) is 0 Å². The maximum atomic E-state index is 12.1. The fourth-order valence-electron chi connectivity index (χ4n) is 2.89. The second-order valence-corrected chi connectivity index (χ2v) is 5.49. The number of carbonyl (C=O) groups excluding carboxylic acids is 1. The number of rotatable bonds is 5. The normalized spacial score (nSPS) is 27.7. The van der Waals surface area contributed by atoms with Crippen LogP contribution in [0.15, 0.2) is 0 Å². The van der Waals surface area contributed by atoms with E-state index in [9.17, 15) is 9.59 Å². The number of nitrogens with zero attached hydrogens (tertiary/aromatic N) is 1. The van der Waals surface area contributed by atoms with Crippen LogP contribution in [0.5, 0.6) is 0 Å². The predicted molar refractivity (Wildman–Crippen MR) is 67.2 cm³/mol. The molecule has 2 rings (SSSR count). The zero-order valence-corrected chi connectivity index (χ0v) is 10.7. The van der Waals surface area contributed by atoms with Crippen LogP contribution in [-0.2, 0) is 9.59 Å². The van der Waals surface area contributed by atoms with Crippen LogP contribution in [0.4, 0.5) is 0 Å². The number of hydrogen-bond donors (Lipinski definition) is 2. The Labute approximate surface area is 108 Å². The molecular weight excluding hydrogens is 232 g/mol. The Hall–Kier alpha value is -1.10. The van der Waals surface area contributed by atoms with Crippen molar-refractivity contribution >= 4 is 11.9 Å². The third kappa shape index (κ3) is 3.70. The van der Waals surface area contributed by atoms with Gasteiger partial charge in [0, 0.05) is 25.9 Å². The van der Waals surface area contributed by atoms with Crippen molar-refractivity contribution in [3.05, 3.63) is 0 Å². The van der Waals surface area contributed by atoms with Gasteiger partial charge < -0.3 is 15.3 Å². The number of carboxylic acid groups (broad SMARTS) is 1. The van der Waals surface area contributed by atoms with Gasteiger partial charge in [0.2, 0.25) is 5.91 Å². The molecule has 0 bridgehead atoms. The van der Waals surface area contributed by atoms with Gasteiger partial charge in [0.05, 0.1) is 0 Å². The summed E-state index contributed by atoms with van der Waals surface area (Å²) in [7, 11) is 0. The van der Waals surface area contributed by atoms with Crippen LogP contribution in [0.2, 0.25) is 0 Å². The van der Waals surface area contributed by atoms with Gasteiger partial charge in [0.15, 0.2) is 0 Å². The largest absolute Gasteiger partial charge is 0.481 e. The van der Waals surface area contributed by atoms with Gasteiger partial charge in [-0.15, -0.1) is 0 Å². The lowest BCUT2D eigenvalue weighted by atomic mass is 10.0. The molecule has 2 aliphatic heterocycles. The first kappa shape index (κ1) is 13.3. The lowest BCUT2D eigenvalue weighted by Gasteiger charge is -2.18. The molecule has 2 saturated heterocycles. The maximum absolute atomic E-state index is 12.1.